The van der Waals surface area contributed by atoms with Crippen LogP contribution in [-0.4, -0.2) is 24.4 Å². The highest BCUT2D eigenvalue weighted by Gasteiger charge is 2.13. The average molecular weight is 313 g/mol. The fourth-order valence-electron chi connectivity index (χ4n) is 2.26. The summed E-state index contributed by atoms with van der Waals surface area (Å²) in [7, 11) is 3.55. The van der Waals surface area contributed by atoms with Crippen LogP contribution < -0.4 is 9.64 Å². The highest BCUT2D eigenvalue weighted by Crippen LogP contribution is 2.28. The predicted octanol–water partition coefficient (Wildman–Crippen LogP) is 3.52. The first-order valence-corrected chi connectivity index (χ1v) is 7.10. The number of ether oxygens (including phenoxy) is 1. The number of rotatable bonds is 5. The summed E-state index contributed by atoms with van der Waals surface area (Å²) in [6.07, 6.45) is 0. The van der Waals surface area contributed by atoms with E-state index < -0.39 is 0 Å². The molecule has 0 aliphatic heterocycles. The molecular weight excluding hydrogens is 297 g/mol. The molecule has 6 heteroatoms. The number of nitrogens with zero attached hydrogens (tertiary/aromatic N) is 3. The van der Waals surface area contributed by atoms with Crippen LogP contribution in [0.1, 0.15) is 5.89 Å². The molecular formula is C17H16FN3O2. The van der Waals surface area contributed by atoms with E-state index in [9.17, 15) is 4.39 Å². The molecule has 0 saturated carbocycles. The van der Waals surface area contributed by atoms with E-state index in [2.05, 4.69) is 10.2 Å². The molecule has 0 unspecified atom stereocenters. The molecule has 1 aromatic heterocycles. The highest BCUT2D eigenvalue weighted by atomic mass is 19.1. The van der Waals surface area contributed by atoms with E-state index in [1.807, 2.05) is 36.2 Å². The van der Waals surface area contributed by atoms with Crippen molar-refractivity contribution in [2.24, 2.45) is 0 Å². The summed E-state index contributed by atoms with van der Waals surface area (Å²) in [5, 5.41) is 8.05. The van der Waals surface area contributed by atoms with Gasteiger partial charge in [-0.05, 0) is 36.4 Å². The quantitative estimate of drug-likeness (QED) is 0.721. The minimum Gasteiger partial charge on any atom is -0.495 e. The van der Waals surface area contributed by atoms with Gasteiger partial charge < -0.3 is 14.1 Å². The molecule has 1 heterocycles. The smallest absolute Gasteiger partial charge is 0.247 e. The van der Waals surface area contributed by atoms with Crippen molar-refractivity contribution in [2.45, 2.75) is 6.54 Å². The molecule has 0 fully saturated rings. The molecule has 0 aliphatic rings. The zero-order valence-corrected chi connectivity index (χ0v) is 12.9. The molecule has 0 aliphatic carbocycles. The van der Waals surface area contributed by atoms with Crippen LogP contribution in [0.25, 0.3) is 11.5 Å². The lowest BCUT2D eigenvalue weighted by molar-refractivity contribution is 0.414. The number of halogens is 1. The van der Waals surface area contributed by atoms with Crippen molar-refractivity contribution in [3.8, 4) is 17.2 Å². The Balaban J connectivity index is 1.77. The maximum Gasteiger partial charge on any atom is 0.247 e. The molecule has 0 atom stereocenters. The van der Waals surface area contributed by atoms with E-state index in [1.165, 1.54) is 12.1 Å². The van der Waals surface area contributed by atoms with Gasteiger partial charge >= 0.3 is 0 Å². The van der Waals surface area contributed by atoms with E-state index in [-0.39, 0.29) is 5.82 Å². The zero-order valence-electron chi connectivity index (χ0n) is 12.9. The van der Waals surface area contributed by atoms with Gasteiger partial charge in [0.05, 0.1) is 19.3 Å². The largest absolute Gasteiger partial charge is 0.495 e. The average Bonchev–Trinajstić information content (AvgIpc) is 3.04. The number of benzene rings is 2. The summed E-state index contributed by atoms with van der Waals surface area (Å²) in [6.45, 7) is 0.439. The van der Waals surface area contributed by atoms with Crippen molar-refractivity contribution in [1.82, 2.24) is 10.2 Å². The molecule has 23 heavy (non-hydrogen) atoms. The predicted molar refractivity (Wildman–Crippen MR) is 84.8 cm³/mol. The monoisotopic (exact) mass is 313 g/mol. The molecule has 0 spiro atoms. The van der Waals surface area contributed by atoms with Crippen molar-refractivity contribution in [2.75, 3.05) is 19.1 Å². The summed E-state index contributed by atoms with van der Waals surface area (Å²) < 4.78 is 23.9. The molecule has 0 radical (unpaired) electrons. The number of hydrogen-bond acceptors (Lipinski definition) is 5. The third-order valence-electron chi connectivity index (χ3n) is 3.43. The molecule has 5 nitrogen and oxygen atoms in total. The summed E-state index contributed by atoms with van der Waals surface area (Å²) in [6, 6.07) is 13.6. The molecule has 0 saturated heterocycles. The maximum absolute atomic E-state index is 13.0. The Morgan fingerprint density at radius 2 is 1.83 bits per heavy atom. The van der Waals surface area contributed by atoms with Crippen LogP contribution in [0.15, 0.2) is 52.9 Å². The van der Waals surface area contributed by atoms with Crippen molar-refractivity contribution in [3.05, 3.63) is 60.2 Å². The Hall–Kier alpha value is -2.89. The SMILES string of the molecule is COc1ccccc1N(C)Cc1nnc(-c2ccc(F)cc2)o1. The third kappa shape index (κ3) is 3.31. The van der Waals surface area contributed by atoms with Crippen molar-refractivity contribution in [3.63, 3.8) is 0 Å². The van der Waals surface area contributed by atoms with Gasteiger partial charge in [0.15, 0.2) is 0 Å². The van der Waals surface area contributed by atoms with Gasteiger partial charge in [0.2, 0.25) is 11.8 Å². The normalized spacial score (nSPS) is 10.6. The minimum atomic E-state index is -0.301. The fraction of sp³-hybridized carbons (Fsp3) is 0.176. The molecule has 3 rings (SSSR count). The number of hydrogen-bond donors (Lipinski definition) is 0. The summed E-state index contributed by atoms with van der Waals surface area (Å²) in [4.78, 5) is 1.96. The van der Waals surface area contributed by atoms with Crippen molar-refractivity contribution >= 4 is 5.69 Å². The summed E-state index contributed by atoms with van der Waals surface area (Å²) in [5.74, 6) is 1.31. The number of anilines is 1. The van der Waals surface area contributed by atoms with E-state index in [0.717, 1.165) is 11.4 Å². The van der Waals surface area contributed by atoms with Gasteiger partial charge in [-0.15, -0.1) is 10.2 Å². The van der Waals surface area contributed by atoms with E-state index >= 15 is 0 Å². The number of methoxy groups -OCH3 is 1. The van der Waals surface area contributed by atoms with Crippen molar-refractivity contribution in [1.29, 1.82) is 0 Å². The Bertz CT molecular complexity index is 787. The summed E-state index contributed by atoms with van der Waals surface area (Å²) >= 11 is 0. The molecule has 0 N–H and O–H groups in total. The van der Waals surface area contributed by atoms with Crippen LogP contribution >= 0.6 is 0 Å². The number of para-hydroxylation sites is 2. The first-order valence-electron chi connectivity index (χ1n) is 7.10. The van der Waals surface area contributed by atoms with Gasteiger partial charge in [-0.1, -0.05) is 12.1 Å². The van der Waals surface area contributed by atoms with Crippen LogP contribution in [0.2, 0.25) is 0 Å². The van der Waals surface area contributed by atoms with E-state index in [0.29, 0.717) is 23.9 Å². The fourth-order valence-corrected chi connectivity index (χ4v) is 2.26. The Morgan fingerprint density at radius 3 is 2.57 bits per heavy atom. The van der Waals surface area contributed by atoms with Crippen LogP contribution in [0.3, 0.4) is 0 Å². The molecule has 2 aromatic carbocycles. The van der Waals surface area contributed by atoms with Gasteiger partial charge in [-0.25, -0.2) is 4.39 Å². The standard InChI is InChI=1S/C17H16FN3O2/c1-21(14-5-3-4-6-15(14)22-2)11-16-19-20-17(23-16)12-7-9-13(18)10-8-12/h3-10H,11H2,1-2H3. The van der Waals surface area contributed by atoms with Gasteiger partial charge in [0.25, 0.3) is 0 Å². The summed E-state index contributed by atoms with van der Waals surface area (Å²) in [5.41, 5.74) is 1.61. The second-order valence-corrected chi connectivity index (χ2v) is 5.04. The molecule has 3 aromatic rings. The van der Waals surface area contributed by atoms with Gasteiger partial charge in [0, 0.05) is 12.6 Å². The van der Waals surface area contributed by atoms with Gasteiger partial charge in [-0.2, -0.15) is 0 Å². The van der Waals surface area contributed by atoms with Gasteiger partial charge in [-0.3, -0.25) is 0 Å². The topological polar surface area (TPSA) is 51.4 Å². The Morgan fingerprint density at radius 1 is 1.09 bits per heavy atom. The van der Waals surface area contributed by atoms with Crippen LogP contribution in [0.4, 0.5) is 10.1 Å². The van der Waals surface area contributed by atoms with Crippen molar-refractivity contribution < 1.29 is 13.5 Å². The van der Waals surface area contributed by atoms with E-state index in [4.69, 9.17) is 9.15 Å². The van der Waals surface area contributed by atoms with Crippen LogP contribution in [0, 0.1) is 5.82 Å². The highest BCUT2D eigenvalue weighted by molar-refractivity contribution is 5.58. The number of aromatic nitrogens is 2. The van der Waals surface area contributed by atoms with Crippen LogP contribution in [0.5, 0.6) is 5.75 Å². The molecule has 0 amide bonds. The second kappa shape index (κ2) is 6.48. The zero-order chi connectivity index (χ0) is 16.2. The molecule has 118 valence electrons. The molecule has 0 bridgehead atoms. The first kappa shape index (κ1) is 15.0. The lowest BCUT2D eigenvalue weighted by Crippen LogP contribution is -2.17. The first-order chi connectivity index (χ1) is 11.2. The Labute approximate surface area is 133 Å². The second-order valence-electron chi connectivity index (χ2n) is 5.04. The van der Waals surface area contributed by atoms with E-state index in [1.54, 1.807) is 19.2 Å². The lowest BCUT2D eigenvalue weighted by atomic mass is 10.2. The lowest BCUT2D eigenvalue weighted by Gasteiger charge is -2.19. The maximum atomic E-state index is 13.0. The van der Waals surface area contributed by atoms with Gasteiger partial charge in [0.1, 0.15) is 11.6 Å². The third-order valence-corrected chi connectivity index (χ3v) is 3.43. The van der Waals surface area contributed by atoms with Crippen LogP contribution in [-0.2, 0) is 6.54 Å². The Kier molecular flexibility index (Phi) is 4.23. The minimum absolute atomic E-state index is 0.301.